The lowest BCUT2D eigenvalue weighted by Gasteiger charge is -2.19. The molecule has 2 aliphatic heterocycles. The van der Waals surface area contributed by atoms with E-state index in [1.165, 1.54) is 24.1 Å². The smallest absolute Gasteiger partial charge is 0.0687 e. The van der Waals surface area contributed by atoms with Gasteiger partial charge in [-0.05, 0) is 19.8 Å². The third kappa shape index (κ3) is 1.03. The minimum Gasteiger partial charge on any atom is -0.307 e. The zero-order valence-electron chi connectivity index (χ0n) is 7.95. The minimum absolute atomic E-state index is 0.606. The third-order valence-electron chi connectivity index (χ3n) is 3.25. The third-order valence-corrected chi connectivity index (χ3v) is 3.25. The van der Waals surface area contributed by atoms with Crippen molar-refractivity contribution in [1.29, 1.82) is 0 Å². The molecule has 2 bridgehead atoms. The van der Waals surface area contributed by atoms with Gasteiger partial charge in [-0.2, -0.15) is 5.10 Å². The molecule has 0 saturated carbocycles. The number of rotatable bonds is 1. The Labute approximate surface area is 78.1 Å². The number of nitrogens with one attached hydrogen (secondary N) is 1. The second kappa shape index (κ2) is 2.58. The van der Waals surface area contributed by atoms with E-state index in [2.05, 4.69) is 28.2 Å². The highest BCUT2D eigenvalue weighted by Crippen LogP contribution is 2.34. The Kier molecular flexibility index (Phi) is 1.50. The Morgan fingerprint density at radius 3 is 3.38 bits per heavy atom. The first-order valence-electron chi connectivity index (χ1n) is 5.19. The quantitative estimate of drug-likeness (QED) is 0.699. The first-order chi connectivity index (χ1) is 6.36. The number of fused-ring (bicyclic) bond motifs is 4. The van der Waals surface area contributed by atoms with Gasteiger partial charge in [-0.15, -0.1) is 0 Å². The predicted molar refractivity (Wildman–Crippen MR) is 50.5 cm³/mol. The van der Waals surface area contributed by atoms with Crippen molar-refractivity contribution in [2.75, 3.05) is 0 Å². The largest absolute Gasteiger partial charge is 0.307 e. The molecule has 3 heteroatoms. The molecule has 1 N–H and O–H groups in total. The molecule has 3 rings (SSSR count). The van der Waals surface area contributed by atoms with Gasteiger partial charge in [0.1, 0.15) is 0 Å². The van der Waals surface area contributed by atoms with Gasteiger partial charge in [0.05, 0.1) is 5.69 Å². The molecule has 3 heterocycles. The van der Waals surface area contributed by atoms with Gasteiger partial charge in [0, 0.05) is 36.8 Å². The second-order valence-corrected chi connectivity index (χ2v) is 4.08. The summed E-state index contributed by atoms with van der Waals surface area (Å²) in [4.78, 5) is 0. The number of aryl methyl sites for hydroxylation is 1. The zero-order chi connectivity index (χ0) is 8.84. The van der Waals surface area contributed by atoms with Crippen LogP contribution in [0.4, 0.5) is 0 Å². The molecule has 1 aromatic rings. The molecule has 1 saturated heterocycles. The summed E-state index contributed by atoms with van der Waals surface area (Å²) >= 11 is 0. The van der Waals surface area contributed by atoms with Gasteiger partial charge in [-0.3, -0.25) is 4.68 Å². The lowest BCUT2D eigenvalue weighted by Crippen LogP contribution is -2.31. The summed E-state index contributed by atoms with van der Waals surface area (Å²) in [6.07, 6.45) is 5.98. The number of hydrogen-bond acceptors (Lipinski definition) is 2. The minimum atomic E-state index is 0.606. The van der Waals surface area contributed by atoms with E-state index in [9.17, 15) is 0 Å². The summed E-state index contributed by atoms with van der Waals surface area (Å²) in [7, 11) is 0. The molecule has 1 fully saturated rings. The summed E-state index contributed by atoms with van der Waals surface area (Å²) < 4.78 is 2.06. The van der Waals surface area contributed by atoms with Crippen LogP contribution in [0.5, 0.6) is 0 Å². The topological polar surface area (TPSA) is 29.9 Å². The van der Waals surface area contributed by atoms with E-state index in [-0.39, 0.29) is 0 Å². The fourth-order valence-electron chi connectivity index (χ4n) is 2.55. The van der Waals surface area contributed by atoms with Crippen LogP contribution in [0.1, 0.15) is 37.1 Å². The van der Waals surface area contributed by atoms with Gasteiger partial charge >= 0.3 is 0 Å². The van der Waals surface area contributed by atoms with E-state index in [1.807, 2.05) is 0 Å². The molecule has 70 valence electrons. The van der Waals surface area contributed by atoms with Crippen LogP contribution in [0.15, 0.2) is 6.20 Å². The van der Waals surface area contributed by atoms with Crippen molar-refractivity contribution >= 4 is 0 Å². The van der Waals surface area contributed by atoms with Gasteiger partial charge in [-0.1, -0.05) is 0 Å². The van der Waals surface area contributed by atoms with Gasteiger partial charge < -0.3 is 5.32 Å². The van der Waals surface area contributed by atoms with Crippen molar-refractivity contribution in [1.82, 2.24) is 15.1 Å². The molecule has 13 heavy (non-hydrogen) atoms. The maximum absolute atomic E-state index is 4.59. The SMILES string of the molecule is CCn1cc2c(n1)C[C@@H]1CC[C@@H]2N1. The standard InChI is InChI=1S/C10H15N3/c1-2-13-6-8-9-4-3-7(11-9)5-10(8)12-13/h6-7,9,11H,2-5H2,1H3/t7-,9-/m0/s1. The Bertz CT molecular complexity index is 329. The second-order valence-electron chi connectivity index (χ2n) is 4.08. The van der Waals surface area contributed by atoms with Gasteiger partial charge in [0.2, 0.25) is 0 Å². The Morgan fingerprint density at radius 2 is 2.54 bits per heavy atom. The maximum Gasteiger partial charge on any atom is 0.0687 e. The zero-order valence-corrected chi connectivity index (χ0v) is 7.95. The van der Waals surface area contributed by atoms with Gasteiger partial charge in [0.15, 0.2) is 0 Å². The summed E-state index contributed by atoms with van der Waals surface area (Å²) in [5.74, 6) is 0. The average molecular weight is 177 g/mol. The fourth-order valence-corrected chi connectivity index (χ4v) is 2.55. The molecular weight excluding hydrogens is 162 g/mol. The van der Waals surface area contributed by atoms with Crippen LogP contribution in [-0.4, -0.2) is 15.8 Å². The lowest BCUT2D eigenvalue weighted by molar-refractivity contribution is 0.509. The van der Waals surface area contributed by atoms with Gasteiger partial charge in [0.25, 0.3) is 0 Å². The molecule has 0 aliphatic carbocycles. The fraction of sp³-hybridized carbons (Fsp3) is 0.700. The van der Waals surface area contributed by atoms with Crippen LogP contribution in [0.3, 0.4) is 0 Å². The van der Waals surface area contributed by atoms with Crippen LogP contribution in [0.2, 0.25) is 0 Å². The van der Waals surface area contributed by atoms with Crippen LogP contribution in [0.25, 0.3) is 0 Å². The first kappa shape index (κ1) is 7.56. The van der Waals surface area contributed by atoms with Gasteiger partial charge in [-0.25, -0.2) is 0 Å². The Morgan fingerprint density at radius 1 is 1.62 bits per heavy atom. The van der Waals surface area contributed by atoms with E-state index in [0.717, 1.165) is 13.0 Å². The van der Waals surface area contributed by atoms with E-state index in [0.29, 0.717) is 12.1 Å². The predicted octanol–water partition coefficient (Wildman–Crippen LogP) is 1.25. The number of aromatic nitrogens is 2. The lowest BCUT2D eigenvalue weighted by atomic mass is 10.0. The van der Waals surface area contributed by atoms with E-state index in [4.69, 9.17) is 0 Å². The highest BCUT2D eigenvalue weighted by atomic mass is 15.3. The molecule has 0 amide bonds. The molecule has 0 aromatic carbocycles. The summed E-state index contributed by atoms with van der Waals surface area (Å²) in [5, 5.41) is 8.22. The molecule has 2 aliphatic rings. The van der Waals surface area contributed by atoms with Crippen LogP contribution >= 0.6 is 0 Å². The molecule has 3 nitrogen and oxygen atoms in total. The summed E-state index contributed by atoms with van der Waals surface area (Å²) in [6.45, 7) is 3.13. The normalized spacial score (nSPS) is 30.5. The van der Waals surface area contributed by atoms with Crippen molar-refractivity contribution in [3.8, 4) is 0 Å². The highest BCUT2D eigenvalue weighted by Gasteiger charge is 2.33. The molecule has 0 spiro atoms. The van der Waals surface area contributed by atoms with Crippen molar-refractivity contribution in [2.24, 2.45) is 0 Å². The summed E-state index contributed by atoms with van der Waals surface area (Å²) in [5.41, 5.74) is 2.80. The molecule has 0 radical (unpaired) electrons. The maximum atomic E-state index is 4.59. The average Bonchev–Trinajstić information content (AvgIpc) is 2.71. The molecular formula is C10H15N3. The van der Waals surface area contributed by atoms with Crippen LogP contribution in [-0.2, 0) is 13.0 Å². The van der Waals surface area contributed by atoms with E-state index in [1.54, 1.807) is 0 Å². The van der Waals surface area contributed by atoms with Crippen molar-refractivity contribution in [3.05, 3.63) is 17.5 Å². The highest BCUT2D eigenvalue weighted by molar-refractivity contribution is 5.27. The van der Waals surface area contributed by atoms with E-state index < -0.39 is 0 Å². The molecule has 1 aromatic heterocycles. The summed E-state index contributed by atoms with van der Waals surface area (Å²) in [6, 6.07) is 1.31. The molecule has 0 unspecified atom stereocenters. The molecule has 2 atom stereocenters. The van der Waals surface area contributed by atoms with Crippen molar-refractivity contribution in [3.63, 3.8) is 0 Å². The Balaban J connectivity index is 2.04. The monoisotopic (exact) mass is 177 g/mol. The van der Waals surface area contributed by atoms with Crippen LogP contribution in [0, 0.1) is 0 Å². The van der Waals surface area contributed by atoms with Crippen molar-refractivity contribution < 1.29 is 0 Å². The van der Waals surface area contributed by atoms with Crippen LogP contribution < -0.4 is 5.32 Å². The number of hydrogen-bond donors (Lipinski definition) is 1. The first-order valence-corrected chi connectivity index (χ1v) is 5.19. The number of nitrogens with zero attached hydrogens (tertiary/aromatic N) is 2. The van der Waals surface area contributed by atoms with E-state index >= 15 is 0 Å². The van der Waals surface area contributed by atoms with Crippen molar-refractivity contribution in [2.45, 2.75) is 44.8 Å². The Hall–Kier alpha value is -0.830.